The van der Waals surface area contributed by atoms with Crippen molar-refractivity contribution in [1.29, 1.82) is 0 Å². The van der Waals surface area contributed by atoms with Gasteiger partial charge in [0.05, 0.1) is 11.2 Å². The predicted molar refractivity (Wildman–Crippen MR) is 79.0 cm³/mol. The largest absolute Gasteiger partial charge is 0.399 e. The molecule has 0 radical (unpaired) electrons. The molecule has 1 heterocycles. The highest BCUT2D eigenvalue weighted by molar-refractivity contribution is 5.85. The van der Waals surface area contributed by atoms with E-state index in [4.69, 9.17) is 10.7 Å². The smallest absolute Gasteiger partial charge is 0.0744 e. The van der Waals surface area contributed by atoms with Gasteiger partial charge < -0.3 is 5.73 Å². The van der Waals surface area contributed by atoms with Crippen molar-refractivity contribution in [1.82, 2.24) is 4.98 Å². The number of fused-ring (bicyclic) bond motifs is 4. The van der Waals surface area contributed by atoms with E-state index in [2.05, 4.69) is 36.4 Å². The Bertz CT molecular complexity index is 790. The number of hydrogen-bond acceptors (Lipinski definition) is 2. The molecule has 0 saturated carbocycles. The van der Waals surface area contributed by atoms with Gasteiger partial charge in [0.1, 0.15) is 0 Å². The molecule has 19 heavy (non-hydrogen) atoms. The molecule has 0 fully saturated rings. The van der Waals surface area contributed by atoms with E-state index in [1.165, 1.54) is 22.1 Å². The van der Waals surface area contributed by atoms with E-state index in [1.807, 2.05) is 12.1 Å². The van der Waals surface area contributed by atoms with Crippen LogP contribution < -0.4 is 5.73 Å². The van der Waals surface area contributed by atoms with Crippen LogP contribution in [0.2, 0.25) is 0 Å². The van der Waals surface area contributed by atoms with Crippen molar-refractivity contribution in [3.63, 3.8) is 0 Å². The van der Waals surface area contributed by atoms with Gasteiger partial charge in [0, 0.05) is 16.6 Å². The number of para-hydroxylation sites is 1. The number of aromatic nitrogens is 1. The summed E-state index contributed by atoms with van der Waals surface area (Å²) in [6, 6.07) is 16.7. The number of nitrogen functional groups attached to an aromatic ring is 1. The summed E-state index contributed by atoms with van der Waals surface area (Å²) in [6.07, 6.45) is 2.09. The highest BCUT2D eigenvalue weighted by Gasteiger charge is 2.18. The Hall–Kier alpha value is -2.35. The third-order valence-corrected chi connectivity index (χ3v) is 3.85. The summed E-state index contributed by atoms with van der Waals surface area (Å²) in [6.45, 7) is 0. The van der Waals surface area contributed by atoms with Crippen LogP contribution in [0.1, 0.15) is 11.1 Å². The average Bonchev–Trinajstić information content (AvgIpc) is 2.44. The van der Waals surface area contributed by atoms with Crippen LogP contribution >= 0.6 is 0 Å². The maximum atomic E-state index is 5.87. The lowest BCUT2D eigenvalue weighted by Gasteiger charge is -2.19. The highest BCUT2D eigenvalue weighted by atomic mass is 14.7. The van der Waals surface area contributed by atoms with Crippen LogP contribution in [0.4, 0.5) is 5.69 Å². The molecule has 2 nitrogen and oxygen atoms in total. The van der Waals surface area contributed by atoms with E-state index >= 15 is 0 Å². The third-order valence-electron chi connectivity index (χ3n) is 3.85. The van der Waals surface area contributed by atoms with Crippen LogP contribution in [-0.2, 0) is 12.8 Å². The van der Waals surface area contributed by atoms with Gasteiger partial charge in [-0.3, -0.25) is 0 Å². The normalized spacial score (nSPS) is 13.1. The SMILES string of the molecule is Nc1ccc2c(c1)CCc1cc3ccccc3nc1-2. The molecule has 2 heteroatoms. The lowest BCUT2D eigenvalue weighted by molar-refractivity contribution is 0.933. The molecule has 0 spiro atoms. The zero-order valence-corrected chi connectivity index (χ0v) is 10.6. The van der Waals surface area contributed by atoms with Crippen molar-refractivity contribution >= 4 is 16.6 Å². The maximum Gasteiger partial charge on any atom is 0.0744 e. The average molecular weight is 246 g/mol. The first kappa shape index (κ1) is 10.6. The molecule has 3 aromatic rings. The van der Waals surface area contributed by atoms with Gasteiger partial charge in [-0.05, 0) is 48.2 Å². The second-order valence-electron chi connectivity index (χ2n) is 5.11. The predicted octanol–water partition coefficient (Wildman–Crippen LogP) is 3.58. The molecule has 0 amide bonds. The van der Waals surface area contributed by atoms with Crippen LogP contribution in [0.25, 0.3) is 22.2 Å². The zero-order chi connectivity index (χ0) is 12.8. The molecule has 0 aliphatic heterocycles. The van der Waals surface area contributed by atoms with Gasteiger partial charge in [0.2, 0.25) is 0 Å². The minimum absolute atomic E-state index is 0.836. The minimum atomic E-state index is 0.836. The summed E-state index contributed by atoms with van der Waals surface area (Å²) in [5.41, 5.74) is 12.8. The number of benzene rings is 2. The lowest BCUT2D eigenvalue weighted by Crippen LogP contribution is -2.06. The van der Waals surface area contributed by atoms with Crippen molar-refractivity contribution in [2.24, 2.45) is 0 Å². The summed E-state index contributed by atoms with van der Waals surface area (Å²) in [5.74, 6) is 0. The molecule has 2 aromatic carbocycles. The van der Waals surface area contributed by atoms with E-state index < -0.39 is 0 Å². The Morgan fingerprint density at radius 2 is 1.74 bits per heavy atom. The van der Waals surface area contributed by atoms with E-state index in [0.717, 1.165) is 29.7 Å². The second-order valence-corrected chi connectivity index (χ2v) is 5.11. The molecule has 1 aliphatic rings. The Morgan fingerprint density at radius 1 is 0.895 bits per heavy atom. The lowest BCUT2D eigenvalue weighted by atomic mass is 9.88. The number of nitrogens with two attached hydrogens (primary N) is 1. The number of pyridine rings is 1. The molecule has 0 bridgehead atoms. The summed E-state index contributed by atoms with van der Waals surface area (Å²) in [4.78, 5) is 4.85. The first-order chi connectivity index (χ1) is 9.31. The number of aryl methyl sites for hydroxylation is 2. The standard InChI is InChI=1S/C17H14N2/c18-14-7-8-15-11(10-14)5-6-13-9-12-3-1-2-4-16(12)19-17(13)15/h1-4,7-10H,5-6,18H2. The third kappa shape index (κ3) is 1.60. The first-order valence-electron chi connectivity index (χ1n) is 6.59. The highest BCUT2D eigenvalue weighted by Crippen LogP contribution is 2.34. The van der Waals surface area contributed by atoms with Crippen LogP contribution in [0, 0.1) is 0 Å². The fraction of sp³-hybridized carbons (Fsp3) is 0.118. The van der Waals surface area contributed by atoms with Gasteiger partial charge in [-0.1, -0.05) is 24.3 Å². The molecule has 2 N–H and O–H groups in total. The summed E-state index contributed by atoms with van der Waals surface area (Å²) < 4.78 is 0. The van der Waals surface area contributed by atoms with Gasteiger partial charge in [0.25, 0.3) is 0 Å². The molecular formula is C17H14N2. The fourth-order valence-electron chi connectivity index (χ4n) is 2.90. The molecule has 0 atom stereocenters. The fourth-order valence-corrected chi connectivity index (χ4v) is 2.90. The molecule has 1 aromatic heterocycles. The number of anilines is 1. The van der Waals surface area contributed by atoms with Gasteiger partial charge in [-0.2, -0.15) is 0 Å². The van der Waals surface area contributed by atoms with Gasteiger partial charge in [0.15, 0.2) is 0 Å². The van der Waals surface area contributed by atoms with E-state index in [1.54, 1.807) is 0 Å². The summed E-state index contributed by atoms with van der Waals surface area (Å²) >= 11 is 0. The van der Waals surface area contributed by atoms with E-state index in [0.29, 0.717) is 0 Å². The van der Waals surface area contributed by atoms with Gasteiger partial charge >= 0.3 is 0 Å². The maximum absolute atomic E-state index is 5.87. The Morgan fingerprint density at radius 3 is 2.68 bits per heavy atom. The van der Waals surface area contributed by atoms with Crippen molar-refractivity contribution in [3.8, 4) is 11.3 Å². The molecule has 1 aliphatic carbocycles. The van der Waals surface area contributed by atoms with Crippen molar-refractivity contribution in [2.75, 3.05) is 5.73 Å². The molecule has 0 unspecified atom stereocenters. The van der Waals surface area contributed by atoms with E-state index in [9.17, 15) is 0 Å². The Kier molecular flexibility index (Phi) is 2.12. The van der Waals surface area contributed by atoms with Crippen molar-refractivity contribution in [3.05, 3.63) is 59.7 Å². The molecule has 0 saturated heterocycles. The van der Waals surface area contributed by atoms with Crippen molar-refractivity contribution in [2.45, 2.75) is 12.8 Å². The number of hydrogen-bond donors (Lipinski definition) is 1. The van der Waals surface area contributed by atoms with Crippen LogP contribution in [0.3, 0.4) is 0 Å². The molecular weight excluding hydrogens is 232 g/mol. The number of rotatable bonds is 0. The minimum Gasteiger partial charge on any atom is -0.399 e. The topological polar surface area (TPSA) is 38.9 Å². The summed E-state index contributed by atoms with van der Waals surface area (Å²) in [7, 11) is 0. The molecule has 4 rings (SSSR count). The number of nitrogens with zero attached hydrogens (tertiary/aromatic N) is 1. The Balaban J connectivity index is 2.02. The first-order valence-corrected chi connectivity index (χ1v) is 6.59. The molecule has 92 valence electrons. The van der Waals surface area contributed by atoms with E-state index in [-0.39, 0.29) is 0 Å². The van der Waals surface area contributed by atoms with Crippen LogP contribution in [-0.4, -0.2) is 4.98 Å². The van der Waals surface area contributed by atoms with Gasteiger partial charge in [-0.25, -0.2) is 4.98 Å². The van der Waals surface area contributed by atoms with Crippen molar-refractivity contribution < 1.29 is 0 Å². The van der Waals surface area contributed by atoms with Crippen LogP contribution in [0.5, 0.6) is 0 Å². The second kappa shape index (κ2) is 3.82. The van der Waals surface area contributed by atoms with Crippen LogP contribution in [0.15, 0.2) is 48.5 Å². The monoisotopic (exact) mass is 246 g/mol. The Labute approximate surface area is 111 Å². The quantitative estimate of drug-likeness (QED) is 0.616. The summed E-state index contributed by atoms with van der Waals surface area (Å²) in [5, 5.41) is 1.22. The van der Waals surface area contributed by atoms with Gasteiger partial charge in [-0.15, -0.1) is 0 Å². The zero-order valence-electron chi connectivity index (χ0n) is 10.6.